The van der Waals surface area contributed by atoms with E-state index in [-0.39, 0.29) is 11.5 Å². The van der Waals surface area contributed by atoms with Gasteiger partial charge in [-0.2, -0.15) is 0 Å². The molecule has 2 aromatic rings. The molecule has 8 heteroatoms. The third kappa shape index (κ3) is 3.19. The van der Waals surface area contributed by atoms with E-state index in [1.807, 2.05) is 0 Å². The van der Waals surface area contributed by atoms with Crippen LogP contribution in [0.5, 0.6) is 0 Å². The van der Waals surface area contributed by atoms with Gasteiger partial charge in [0.1, 0.15) is 0 Å². The predicted octanol–water partition coefficient (Wildman–Crippen LogP) is 0.802. The molecule has 1 heterocycles. The highest BCUT2D eigenvalue weighted by molar-refractivity contribution is 6.05. The van der Waals surface area contributed by atoms with Gasteiger partial charge < -0.3 is 22.1 Å². The molecule has 1 aromatic carbocycles. The largest absolute Gasteiger partial charge is 0.382 e. The van der Waals surface area contributed by atoms with Gasteiger partial charge in [-0.3, -0.25) is 4.79 Å². The van der Waals surface area contributed by atoms with E-state index in [2.05, 4.69) is 20.6 Å². The first-order chi connectivity index (χ1) is 9.56. The minimum atomic E-state index is -0.658. The second-order valence-electron chi connectivity index (χ2n) is 3.81. The lowest BCUT2D eigenvalue weighted by atomic mass is 10.2. The lowest BCUT2D eigenvalue weighted by Crippen LogP contribution is -2.19. The Kier molecular flexibility index (Phi) is 3.75. The zero-order chi connectivity index (χ0) is 14.5. The van der Waals surface area contributed by atoms with Gasteiger partial charge in [0.25, 0.3) is 5.91 Å². The Balaban J connectivity index is 2.09. The van der Waals surface area contributed by atoms with Gasteiger partial charge in [0.05, 0.1) is 0 Å². The zero-order valence-corrected chi connectivity index (χ0v) is 10.3. The molecule has 0 fully saturated rings. The fourth-order valence-electron chi connectivity index (χ4n) is 1.49. The van der Waals surface area contributed by atoms with E-state index in [0.29, 0.717) is 11.4 Å². The van der Waals surface area contributed by atoms with Gasteiger partial charge in [-0.1, -0.05) is 0 Å². The van der Waals surface area contributed by atoms with Crippen LogP contribution in [0, 0.1) is 0 Å². The first-order valence-electron chi connectivity index (χ1n) is 5.60. The highest BCUT2D eigenvalue weighted by atomic mass is 16.2. The molecule has 1 aromatic heterocycles. The van der Waals surface area contributed by atoms with Crippen LogP contribution >= 0.6 is 0 Å². The van der Waals surface area contributed by atoms with Gasteiger partial charge in [-0.25, -0.2) is 14.8 Å². The highest BCUT2D eigenvalue weighted by Crippen LogP contribution is 2.15. The summed E-state index contributed by atoms with van der Waals surface area (Å²) >= 11 is 0. The van der Waals surface area contributed by atoms with E-state index in [1.165, 1.54) is 12.4 Å². The molecule has 0 radical (unpaired) electrons. The molecule has 0 aliphatic carbocycles. The number of rotatable bonds is 3. The Morgan fingerprint density at radius 1 is 0.950 bits per heavy atom. The van der Waals surface area contributed by atoms with Crippen LogP contribution in [0.1, 0.15) is 10.5 Å². The van der Waals surface area contributed by atoms with E-state index >= 15 is 0 Å². The molecule has 2 rings (SSSR count). The summed E-state index contributed by atoms with van der Waals surface area (Å²) in [6.45, 7) is 0. The first-order valence-corrected chi connectivity index (χ1v) is 5.60. The molecule has 0 unspecified atom stereocenters. The summed E-state index contributed by atoms with van der Waals surface area (Å²) in [7, 11) is 0. The molecule has 0 saturated carbocycles. The van der Waals surface area contributed by atoms with Crippen LogP contribution in [0.25, 0.3) is 0 Å². The fraction of sp³-hybridized carbons (Fsp3) is 0. The van der Waals surface area contributed by atoms with Crippen molar-refractivity contribution in [1.82, 2.24) is 9.97 Å². The number of amides is 3. The minimum absolute atomic E-state index is 0.0480. The number of nitrogen functional groups attached to an aromatic ring is 1. The number of nitrogens with zero attached hydrogens (tertiary/aromatic N) is 2. The third-order valence-electron chi connectivity index (χ3n) is 2.35. The van der Waals surface area contributed by atoms with Gasteiger partial charge in [0.2, 0.25) is 0 Å². The van der Waals surface area contributed by atoms with Crippen LogP contribution in [0.2, 0.25) is 0 Å². The number of hydrogen-bond donors (Lipinski definition) is 4. The smallest absolute Gasteiger partial charge is 0.316 e. The minimum Gasteiger partial charge on any atom is -0.382 e. The summed E-state index contributed by atoms with van der Waals surface area (Å²) in [6, 6.07) is 5.75. The van der Waals surface area contributed by atoms with Crippen molar-refractivity contribution >= 4 is 29.1 Å². The lowest BCUT2D eigenvalue weighted by Gasteiger charge is -2.07. The maximum atomic E-state index is 11.9. The van der Waals surface area contributed by atoms with Gasteiger partial charge >= 0.3 is 6.03 Å². The Morgan fingerprint density at radius 2 is 1.50 bits per heavy atom. The molecule has 0 aliphatic heterocycles. The first kappa shape index (κ1) is 13.3. The summed E-state index contributed by atoms with van der Waals surface area (Å²) in [5.74, 6) is -0.414. The number of carbonyl (C=O) groups is 2. The summed E-state index contributed by atoms with van der Waals surface area (Å²) < 4.78 is 0. The van der Waals surface area contributed by atoms with Crippen molar-refractivity contribution in [2.45, 2.75) is 0 Å². The molecule has 0 saturated heterocycles. The maximum absolute atomic E-state index is 11.9. The van der Waals surface area contributed by atoms with E-state index in [1.54, 1.807) is 24.3 Å². The molecule has 102 valence electrons. The monoisotopic (exact) mass is 272 g/mol. The number of anilines is 3. The van der Waals surface area contributed by atoms with Crippen molar-refractivity contribution in [2.75, 3.05) is 16.4 Å². The molecule has 0 atom stereocenters. The summed E-state index contributed by atoms with van der Waals surface area (Å²) in [4.78, 5) is 30.2. The Bertz CT molecular complexity index is 641. The topological polar surface area (TPSA) is 136 Å². The number of primary amides is 1. The Morgan fingerprint density at radius 3 is 2.05 bits per heavy atom. The molecule has 0 bridgehead atoms. The van der Waals surface area contributed by atoms with Crippen molar-refractivity contribution in [3.05, 3.63) is 42.4 Å². The fourth-order valence-corrected chi connectivity index (χ4v) is 1.49. The molecule has 3 amide bonds. The second-order valence-corrected chi connectivity index (χ2v) is 3.81. The second kappa shape index (κ2) is 5.65. The van der Waals surface area contributed by atoms with E-state index in [4.69, 9.17) is 11.5 Å². The van der Waals surface area contributed by atoms with Crippen molar-refractivity contribution < 1.29 is 9.59 Å². The lowest BCUT2D eigenvalue weighted by molar-refractivity contribution is 0.102. The average molecular weight is 272 g/mol. The average Bonchev–Trinajstić information content (AvgIpc) is 2.41. The molecule has 0 spiro atoms. The summed E-state index contributed by atoms with van der Waals surface area (Å²) in [5, 5.41) is 5.02. The number of urea groups is 1. The Hall–Kier alpha value is -3.16. The molecule has 8 nitrogen and oxygen atoms in total. The maximum Gasteiger partial charge on any atom is 0.316 e. The van der Waals surface area contributed by atoms with Crippen LogP contribution in [-0.2, 0) is 0 Å². The van der Waals surface area contributed by atoms with Crippen LogP contribution < -0.4 is 22.1 Å². The van der Waals surface area contributed by atoms with E-state index in [9.17, 15) is 9.59 Å². The quantitative estimate of drug-likeness (QED) is 0.655. The van der Waals surface area contributed by atoms with Gasteiger partial charge in [-0.15, -0.1) is 0 Å². The predicted molar refractivity (Wildman–Crippen MR) is 74.0 cm³/mol. The van der Waals surface area contributed by atoms with Crippen molar-refractivity contribution in [2.24, 2.45) is 5.73 Å². The highest BCUT2D eigenvalue weighted by Gasteiger charge is 2.11. The molecule has 6 N–H and O–H groups in total. The number of nitrogens with one attached hydrogen (secondary N) is 2. The Labute approximate surface area is 114 Å². The number of aromatic nitrogens is 2. The van der Waals surface area contributed by atoms with Crippen molar-refractivity contribution in [3.8, 4) is 0 Å². The standard InChI is InChI=1S/C12H12N6O2/c13-10-9(15-5-6-16-10)11(19)17-7-1-3-8(4-2-7)18-12(14)20/h1-6H,(H2,13,16)(H,17,19)(H3,14,18,20). The molecular formula is C12H12N6O2. The SMILES string of the molecule is NC(=O)Nc1ccc(NC(=O)c2nccnc2N)cc1. The van der Waals surface area contributed by atoms with Crippen LogP contribution in [0.15, 0.2) is 36.7 Å². The molecular weight excluding hydrogens is 260 g/mol. The van der Waals surface area contributed by atoms with Crippen molar-refractivity contribution in [3.63, 3.8) is 0 Å². The van der Waals surface area contributed by atoms with E-state index < -0.39 is 11.9 Å². The van der Waals surface area contributed by atoms with Gasteiger partial charge in [0, 0.05) is 23.8 Å². The van der Waals surface area contributed by atoms with E-state index in [0.717, 1.165) is 0 Å². The van der Waals surface area contributed by atoms with Crippen LogP contribution in [0.4, 0.5) is 22.0 Å². The van der Waals surface area contributed by atoms with Gasteiger partial charge in [0.15, 0.2) is 11.5 Å². The molecule has 0 aliphatic rings. The number of carbonyl (C=O) groups excluding carboxylic acids is 2. The number of hydrogen-bond acceptors (Lipinski definition) is 5. The molecule has 20 heavy (non-hydrogen) atoms. The summed E-state index contributed by atoms with van der Waals surface area (Å²) in [6.07, 6.45) is 2.78. The number of nitrogens with two attached hydrogens (primary N) is 2. The van der Waals surface area contributed by atoms with Crippen LogP contribution in [0.3, 0.4) is 0 Å². The zero-order valence-electron chi connectivity index (χ0n) is 10.3. The number of benzene rings is 1. The third-order valence-corrected chi connectivity index (χ3v) is 2.35. The van der Waals surface area contributed by atoms with Gasteiger partial charge in [-0.05, 0) is 24.3 Å². The summed E-state index contributed by atoms with van der Waals surface area (Å²) in [5.41, 5.74) is 11.6. The van der Waals surface area contributed by atoms with Crippen LogP contribution in [-0.4, -0.2) is 21.9 Å². The normalized spacial score (nSPS) is 9.80. The van der Waals surface area contributed by atoms with Crippen molar-refractivity contribution in [1.29, 1.82) is 0 Å².